The number of carbonyl (C=O) groups excluding carboxylic acids is 1. The minimum Gasteiger partial charge on any atom is -0.493 e. The molecule has 174 valence electrons. The molecule has 1 aliphatic heterocycles. The van der Waals surface area contributed by atoms with Gasteiger partial charge >= 0.3 is 0 Å². The van der Waals surface area contributed by atoms with Gasteiger partial charge in [0.2, 0.25) is 0 Å². The third kappa shape index (κ3) is 5.84. The molecule has 1 unspecified atom stereocenters. The first-order valence-electron chi connectivity index (χ1n) is 10.5. The second-order valence-corrected chi connectivity index (χ2v) is 7.26. The number of benzene rings is 1. The first-order chi connectivity index (χ1) is 15.6. The van der Waals surface area contributed by atoms with Crippen LogP contribution in [0.15, 0.2) is 35.1 Å². The van der Waals surface area contributed by atoms with Crippen molar-refractivity contribution < 1.29 is 23.7 Å². The van der Waals surface area contributed by atoms with Crippen LogP contribution in [0.3, 0.4) is 0 Å². The Morgan fingerprint density at radius 1 is 1.12 bits per heavy atom. The molecular weight excluding hydrogens is 416 g/mol. The van der Waals surface area contributed by atoms with Crippen molar-refractivity contribution in [3.05, 3.63) is 51.9 Å². The number of amides is 1. The second-order valence-electron chi connectivity index (χ2n) is 7.26. The van der Waals surface area contributed by atoms with Crippen LogP contribution in [0.4, 0.5) is 0 Å². The van der Waals surface area contributed by atoms with E-state index < -0.39 is 0 Å². The lowest BCUT2D eigenvalue weighted by Gasteiger charge is -2.35. The number of nitrogens with zero attached hydrogens (tertiary/aromatic N) is 3. The Balaban J connectivity index is 1.78. The molecular formula is C22H30N4O6. The van der Waals surface area contributed by atoms with Crippen molar-refractivity contribution in [2.24, 2.45) is 0 Å². The summed E-state index contributed by atoms with van der Waals surface area (Å²) < 4.78 is 22.5. The molecule has 1 atom stereocenters. The molecule has 2 aromatic rings. The van der Waals surface area contributed by atoms with E-state index in [2.05, 4.69) is 15.3 Å². The van der Waals surface area contributed by atoms with Gasteiger partial charge in [0, 0.05) is 32.8 Å². The smallest absolute Gasteiger partial charge is 0.271 e. The van der Waals surface area contributed by atoms with Crippen LogP contribution in [-0.4, -0.2) is 81.4 Å². The van der Waals surface area contributed by atoms with Crippen LogP contribution in [0, 0.1) is 0 Å². The molecule has 10 heteroatoms. The Hall–Kier alpha value is -2.95. The van der Waals surface area contributed by atoms with E-state index >= 15 is 0 Å². The van der Waals surface area contributed by atoms with Gasteiger partial charge in [-0.05, 0) is 23.8 Å². The molecule has 1 saturated heterocycles. The van der Waals surface area contributed by atoms with Gasteiger partial charge in [-0.1, -0.05) is 6.07 Å². The monoisotopic (exact) mass is 446 g/mol. The average Bonchev–Trinajstić information content (AvgIpc) is 2.84. The SMILES string of the molecule is COCCn1nc(C(=O)NCC(c2ccc(OC)c(OC)c2)N2CCOCC2)ccc1=O. The highest BCUT2D eigenvalue weighted by molar-refractivity contribution is 5.92. The van der Waals surface area contributed by atoms with Gasteiger partial charge in [0.1, 0.15) is 5.69 Å². The second kappa shape index (κ2) is 11.6. The predicted molar refractivity (Wildman–Crippen MR) is 117 cm³/mol. The quantitative estimate of drug-likeness (QED) is 0.569. The van der Waals surface area contributed by atoms with Crippen LogP contribution in [0.5, 0.6) is 11.5 Å². The van der Waals surface area contributed by atoms with Crippen molar-refractivity contribution in [3.8, 4) is 11.5 Å². The van der Waals surface area contributed by atoms with Crippen LogP contribution in [0.25, 0.3) is 0 Å². The van der Waals surface area contributed by atoms with Gasteiger partial charge < -0.3 is 24.3 Å². The highest BCUT2D eigenvalue weighted by atomic mass is 16.5. The molecule has 1 aliphatic rings. The van der Waals surface area contributed by atoms with Gasteiger partial charge in [0.15, 0.2) is 11.5 Å². The van der Waals surface area contributed by atoms with E-state index in [4.69, 9.17) is 18.9 Å². The van der Waals surface area contributed by atoms with Crippen molar-refractivity contribution in [2.75, 3.05) is 60.8 Å². The van der Waals surface area contributed by atoms with Crippen LogP contribution >= 0.6 is 0 Å². The maximum absolute atomic E-state index is 12.8. The Morgan fingerprint density at radius 3 is 2.56 bits per heavy atom. The normalized spacial score (nSPS) is 15.2. The van der Waals surface area contributed by atoms with Crippen LogP contribution in [0.2, 0.25) is 0 Å². The van der Waals surface area contributed by atoms with Gasteiger partial charge in [-0.2, -0.15) is 5.10 Å². The van der Waals surface area contributed by atoms with Gasteiger partial charge in [-0.25, -0.2) is 4.68 Å². The first-order valence-corrected chi connectivity index (χ1v) is 10.5. The van der Waals surface area contributed by atoms with Crippen LogP contribution in [-0.2, 0) is 16.0 Å². The molecule has 1 N–H and O–H groups in total. The third-order valence-corrected chi connectivity index (χ3v) is 5.34. The van der Waals surface area contributed by atoms with E-state index in [1.54, 1.807) is 21.3 Å². The topological polar surface area (TPSA) is 104 Å². The number of morpholine rings is 1. The Bertz CT molecular complexity index is 958. The number of nitrogens with one attached hydrogen (secondary N) is 1. The lowest BCUT2D eigenvalue weighted by molar-refractivity contribution is 0.0161. The number of rotatable bonds is 10. The number of ether oxygens (including phenoxy) is 4. The summed E-state index contributed by atoms with van der Waals surface area (Å²) in [5.74, 6) is 0.917. The zero-order valence-electron chi connectivity index (χ0n) is 18.7. The van der Waals surface area contributed by atoms with E-state index in [-0.39, 0.29) is 29.7 Å². The molecule has 0 aliphatic carbocycles. The summed E-state index contributed by atoms with van der Waals surface area (Å²) in [5.41, 5.74) is 0.881. The van der Waals surface area contributed by atoms with E-state index in [0.29, 0.717) is 37.9 Å². The van der Waals surface area contributed by atoms with Crippen molar-refractivity contribution in [1.82, 2.24) is 20.0 Å². The summed E-state index contributed by atoms with van der Waals surface area (Å²) in [6.07, 6.45) is 0. The zero-order valence-corrected chi connectivity index (χ0v) is 18.7. The van der Waals surface area contributed by atoms with Crippen LogP contribution < -0.4 is 20.3 Å². The Morgan fingerprint density at radius 2 is 1.88 bits per heavy atom. The van der Waals surface area contributed by atoms with E-state index in [1.165, 1.54) is 16.8 Å². The number of carbonyl (C=O) groups is 1. The minimum atomic E-state index is -0.352. The molecule has 0 saturated carbocycles. The van der Waals surface area contributed by atoms with Gasteiger partial charge in [-0.15, -0.1) is 0 Å². The summed E-state index contributed by atoms with van der Waals surface area (Å²) in [6.45, 7) is 3.71. The average molecular weight is 447 g/mol. The molecule has 0 bridgehead atoms. The zero-order chi connectivity index (χ0) is 22.9. The first kappa shape index (κ1) is 23.7. The molecule has 10 nitrogen and oxygen atoms in total. The molecule has 1 aromatic heterocycles. The standard InChI is InChI=1S/C22H30N4O6/c1-29-11-10-26-21(27)7-5-17(24-26)22(28)23-15-18(25-8-12-32-13-9-25)16-4-6-19(30-2)20(14-16)31-3/h4-7,14,18H,8-13,15H2,1-3H3,(H,23,28). The minimum absolute atomic E-state index is 0.0953. The van der Waals surface area contributed by atoms with E-state index in [9.17, 15) is 9.59 Å². The van der Waals surface area contributed by atoms with Crippen LogP contribution in [0.1, 0.15) is 22.1 Å². The Labute approximate surface area is 187 Å². The number of hydrogen-bond acceptors (Lipinski definition) is 8. The molecule has 1 aromatic carbocycles. The van der Waals surface area contributed by atoms with Crippen molar-refractivity contribution >= 4 is 5.91 Å². The lowest BCUT2D eigenvalue weighted by Crippen LogP contribution is -2.44. The maximum atomic E-state index is 12.8. The Kier molecular flexibility index (Phi) is 8.60. The summed E-state index contributed by atoms with van der Waals surface area (Å²) in [7, 11) is 4.73. The molecule has 32 heavy (non-hydrogen) atoms. The van der Waals surface area contributed by atoms with Gasteiger partial charge in [0.05, 0.1) is 46.6 Å². The predicted octanol–water partition coefficient (Wildman–Crippen LogP) is 0.710. The van der Waals surface area contributed by atoms with E-state index in [1.807, 2.05) is 18.2 Å². The lowest BCUT2D eigenvalue weighted by atomic mass is 10.0. The fraction of sp³-hybridized carbons (Fsp3) is 0.500. The van der Waals surface area contributed by atoms with Crippen molar-refractivity contribution in [2.45, 2.75) is 12.6 Å². The summed E-state index contributed by atoms with van der Waals surface area (Å²) in [4.78, 5) is 27.0. The molecule has 2 heterocycles. The number of aromatic nitrogens is 2. The fourth-order valence-corrected chi connectivity index (χ4v) is 3.59. The van der Waals surface area contributed by atoms with E-state index in [0.717, 1.165) is 18.7 Å². The third-order valence-electron chi connectivity index (χ3n) is 5.34. The number of methoxy groups -OCH3 is 3. The van der Waals surface area contributed by atoms with Gasteiger partial charge in [-0.3, -0.25) is 14.5 Å². The highest BCUT2D eigenvalue weighted by Crippen LogP contribution is 2.32. The van der Waals surface area contributed by atoms with Crippen molar-refractivity contribution in [1.29, 1.82) is 0 Å². The van der Waals surface area contributed by atoms with Gasteiger partial charge in [0.25, 0.3) is 11.5 Å². The summed E-state index contributed by atoms with van der Waals surface area (Å²) in [5, 5.41) is 7.13. The maximum Gasteiger partial charge on any atom is 0.271 e. The molecule has 0 spiro atoms. The van der Waals surface area contributed by atoms with Crippen molar-refractivity contribution in [3.63, 3.8) is 0 Å². The summed E-state index contributed by atoms with van der Waals surface area (Å²) >= 11 is 0. The number of hydrogen-bond donors (Lipinski definition) is 1. The molecule has 3 rings (SSSR count). The molecule has 0 radical (unpaired) electrons. The molecule has 1 fully saturated rings. The largest absolute Gasteiger partial charge is 0.493 e. The highest BCUT2D eigenvalue weighted by Gasteiger charge is 2.25. The molecule has 1 amide bonds. The summed E-state index contributed by atoms with van der Waals surface area (Å²) in [6, 6.07) is 8.43. The fourth-order valence-electron chi connectivity index (χ4n) is 3.59.